The first kappa shape index (κ1) is 34.3. The van der Waals surface area contributed by atoms with Crippen LogP contribution in [0.4, 0.5) is 0 Å². The van der Waals surface area contributed by atoms with E-state index in [-0.39, 0.29) is 0 Å². The van der Waals surface area contributed by atoms with E-state index >= 15 is 0 Å². The maximum Gasteiger partial charge on any atom is 0.136 e. The van der Waals surface area contributed by atoms with Crippen LogP contribution in [0.1, 0.15) is 54.9 Å². The molecule has 0 radical (unpaired) electrons. The van der Waals surface area contributed by atoms with Gasteiger partial charge in [-0.3, -0.25) is 0 Å². The third-order valence-corrected chi connectivity index (χ3v) is 8.30. The molecule has 0 aliphatic carbocycles. The van der Waals surface area contributed by atoms with Crippen LogP contribution in [0.5, 0.6) is 0 Å². The molecule has 3 nitrogen and oxygen atoms in total. The molecular formula is C20H43N3S6. The smallest absolute Gasteiger partial charge is 0.136 e. The second kappa shape index (κ2) is 25.0. The van der Waals surface area contributed by atoms with Gasteiger partial charge in [-0.1, -0.05) is 55.3 Å². The summed E-state index contributed by atoms with van der Waals surface area (Å²) >= 11 is 20.4. The Kier molecular flexibility index (Phi) is 29.6. The molecule has 0 saturated carbocycles. The van der Waals surface area contributed by atoms with Crippen LogP contribution in [0.2, 0.25) is 0 Å². The first-order valence-corrected chi connectivity index (χ1v) is 15.0. The van der Waals surface area contributed by atoms with E-state index in [1.165, 1.54) is 6.42 Å². The van der Waals surface area contributed by atoms with E-state index < -0.39 is 0 Å². The molecule has 0 amide bonds. The van der Waals surface area contributed by atoms with Crippen LogP contribution in [0.3, 0.4) is 0 Å². The Morgan fingerprint density at radius 3 is 1.00 bits per heavy atom. The molecule has 0 heterocycles. The molecule has 0 bridgehead atoms. The summed E-state index contributed by atoms with van der Waals surface area (Å²) in [6, 6.07) is 0. The summed E-state index contributed by atoms with van der Waals surface area (Å²) in [6.07, 6.45) is 5.23. The van der Waals surface area contributed by atoms with E-state index in [1.54, 1.807) is 35.3 Å². The van der Waals surface area contributed by atoms with Crippen LogP contribution in [0.25, 0.3) is 0 Å². The van der Waals surface area contributed by atoms with E-state index in [1.807, 2.05) is 12.5 Å². The number of thioether (sulfide) groups is 3. The Morgan fingerprint density at radius 2 is 0.828 bits per heavy atom. The first-order chi connectivity index (χ1) is 13.8. The van der Waals surface area contributed by atoms with Crippen molar-refractivity contribution in [2.45, 2.75) is 54.9 Å². The lowest BCUT2D eigenvalue weighted by molar-refractivity contribution is 0.482. The van der Waals surface area contributed by atoms with Crippen LogP contribution in [0, 0.1) is 0 Å². The molecule has 0 aliphatic heterocycles. The molecule has 0 spiro atoms. The summed E-state index contributed by atoms with van der Waals surface area (Å²) in [5.74, 6) is 1.15. The summed E-state index contributed by atoms with van der Waals surface area (Å²) in [7, 11) is 0. The van der Waals surface area contributed by atoms with Crippen molar-refractivity contribution in [3.05, 3.63) is 0 Å². The summed E-state index contributed by atoms with van der Waals surface area (Å²) in [6.45, 7) is 21.1. The topological polar surface area (TPSA) is 9.72 Å². The highest BCUT2D eigenvalue weighted by atomic mass is 32.2. The third-order valence-electron chi connectivity index (χ3n) is 3.84. The van der Waals surface area contributed by atoms with Crippen molar-refractivity contribution in [3.63, 3.8) is 0 Å². The van der Waals surface area contributed by atoms with Gasteiger partial charge in [-0.2, -0.15) is 0 Å². The maximum absolute atomic E-state index is 5.23. The van der Waals surface area contributed by atoms with Crippen molar-refractivity contribution >= 4 is 84.9 Å². The van der Waals surface area contributed by atoms with Gasteiger partial charge in [0.05, 0.1) is 0 Å². The highest BCUT2D eigenvalue weighted by Gasteiger charge is 2.03. The molecule has 0 rings (SSSR count). The number of hydrogen-bond donors (Lipinski definition) is 0. The van der Waals surface area contributed by atoms with Crippen LogP contribution in [-0.2, 0) is 0 Å². The molecule has 0 atom stereocenters. The molecule has 0 N–H and O–H groups in total. The van der Waals surface area contributed by atoms with Crippen LogP contribution >= 0.6 is 71.9 Å². The minimum atomic E-state index is 1.00. The fraction of sp³-hybridized carbons (Fsp3) is 0.850. The van der Waals surface area contributed by atoms with E-state index in [0.29, 0.717) is 0 Å². The van der Waals surface area contributed by atoms with Crippen molar-refractivity contribution in [1.82, 2.24) is 14.7 Å². The van der Waals surface area contributed by atoms with Crippen LogP contribution in [0.15, 0.2) is 0 Å². The molecule has 0 fully saturated rings. The number of thiocarbonyl (C=S) groups is 3. The summed E-state index contributed by atoms with van der Waals surface area (Å²) < 4.78 is 3.05. The standard InChI is InChI=1S/C8H17NS2.2C6H13NS2/c1-4-7-11-8(10)9(5-2)6-3;2*1-4-7(5-2)6(8)9-3/h4-7H2,1-3H3;2*4-5H2,1-3H3. The van der Waals surface area contributed by atoms with Crippen LogP contribution in [-0.4, -0.2) is 85.2 Å². The quantitative estimate of drug-likeness (QED) is 0.322. The van der Waals surface area contributed by atoms with E-state index in [4.69, 9.17) is 36.7 Å². The third kappa shape index (κ3) is 19.2. The van der Waals surface area contributed by atoms with Crippen molar-refractivity contribution < 1.29 is 0 Å². The Labute approximate surface area is 210 Å². The van der Waals surface area contributed by atoms with Crippen LogP contribution < -0.4 is 0 Å². The van der Waals surface area contributed by atoms with Gasteiger partial charge >= 0.3 is 0 Å². The lowest BCUT2D eigenvalue weighted by Gasteiger charge is -2.20. The number of rotatable bonds is 8. The molecule has 0 aliphatic rings. The van der Waals surface area contributed by atoms with E-state index in [9.17, 15) is 0 Å². The van der Waals surface area contributed by atoms with Gasteiger partial charge in [0.25, 0.3) is 0 Å². The molecule has 0 saturated heterocycles. The van der Waals surface area contributed by atoms with Gasteiger partial charge in [0.1, 0.15) is 13.0 Å². The van der Waals surface area contributed by atoms with Crippen molar-refractivity contribution in [1.29, 1.82) is 0 Å². The maximum atomic E-state index is 5.23. The summed E-state index contributed by atoms with van der Waals surface area (Å²) in [5, 5.41) is 0. The molecule has 0 unspecified atom stereocenters. The number of hydrogen-bond acceptors (Lipinski definition) is 6. The Hall–Kier alpha value is 0.720. The molecule has 174 valence electrons. The lowest BCUT2D eigenvalue weighted by atomic mass is 10.6. The molecular weight excluding hydrogens is 475 g/mol. The number of nitrogens with zero attached hydrogens (tertiary/aromatic N) is 3. The van der Waals surface area contributed by atoms with Gasteiger partial charge in [0, 0.05) is 39.3 Å². The summed E-state index contributed by atoms with van der Waals surface area (Å²) in [4.78, 5) is 6.55. The zero-order chi connectivity index (χ0) is 23.2. The van der Waals surface area contributed by atoms with Gasteiger partial charge in [-0.05, 0) is 66.2 Å². The van der Waals surface area contributed by atoms with Gasteiger partial charge < -0.3 is 14.7 Å². The molecule has 0 aromatic heterocycles. The predicted octanol–water partition coefficient (Wildman–Crippen LogP) is 6.71. The van der Waals surface area contributed by atoms with Crippen molar-refractivity contribution in [2.75, 3.05) is 57.5 Å². The fourth-order valence-corrected chi connectivity index (χ4v) is 4.86. The van der Waals surface area contributed by atoms with E-state index in [0.717, 1.165) is 58.0 Å². The monoisotopic (exact) mass is 517 g/mol. The van der Waals surface area contributed by atoms with Gasteiger partial charge in [0.15, 0.2) is 0 Å². The average molecular weight is 518 g/mol. The molecule has 0 aromatic rings. The zero-order valence-corrected chi connectivity index (χ0v) is 24.8. The Balaban J connectivity index is -0.000000352. The fourth-order valence-electron chi connectivity index (χ4n) is 1.98. The van der Waals surface area contributed by atoms with Gasteiger partial charge in [-0.15, -0.1) is 23.5 Å². The minimum absolute atomic E-state index is 1.00. The largest absolute Gasteiger partial charge is 0.358 e. The zero-order valence-electron chi connectivity index (χ0n) is 19.9. The minimum Gasteiger partial charge on any atom is -0.358 e. The molecule has 29 heavy (non-hydrogen) atoms. The molecule has 0 aromatic carbocycles. The summed E-state index contributed by atoms with van der Waals surface area (Å²) in [5.41, 5.74) is 0. The lowest BCUT2D eigenvalue weighted by Crippen LogP contribution is -2.26. The van der Waals surface area contributed by atoms with Gasteiger partial charge in [-0.25, -0.2) is 0 Å². The predicted molar refractivity (Wildman–Crippen MR) is 156 cm³/mol. The Bertz CT molecular complexity index is 385. The van der Waals surface area contributed by atoms with Gasteiger partial charge in [0.2, 0.25) is 0 Å². The second-order valence-corrected chi connectivity index (χ2v) is 10.2. The normalized spacial score (nSPS) is 9.41. The highest BCUT2D eigenvalue weighted by molar-refractivity contribution is 8.23. The average Bonchev–Trinajstić information content (AvgIpc) is 2.75. The van der Waals surface area contributed by atoms with Crippen molar-refractivity contribution in [3.8, 4) is 0 Å². The van der Waals surface area contributed by atoms with E-state index in [2.05, 4.69) is 63.2 Å². The first-order valence-electron chi connectivity index (χ1n) is 10.3. The Morgan fingerprint density at radius 1 is 0.552 bits per heavy atom. The highest BCUT2D eigenvalue weighted by Crippen LogP contribution is 2.09. The molecule has 9 heteroatoms. The SMILES string of the molecule is CCCSC(=S)N(CC)CC.CCN(CC)C(=S)SC.CCN(CC)C(=S)SC. The van der Waals surface area contributed by atoms with Crippen molar-refractivity contribution in [2.24, 2.45) is 0 Å². The second-order valence-electron chi connectivity index (χ2n) is 5.57.